The molecule has 0 fully saturated rings. The van der Waals surface area contributed by atoms with Crippen LogP contribution in [0.4, 0.5) is 10.8 Å². The Bertz CT molecular complexity index is 955. The van der Waals surface area contributed by atoms with E-state index < -0.39 is 0 Å². The van der Waals surface area contributed by atoms with E-state index in [-0.39, 0.29) is 0 Å². The minimum Gasteiger partial charge on any atom is -0.457 e. The number of para-hydroxylation sites is 1. The lowest BCUT2D eigenvalue weighted by atomic mass is 10.2. The fourth-order valence-electron chi connectivity index (χ4n) is 2.36. The van der Waals surface area contributed by atoms with Crippen LogP contribution in [0.2, 0.25) is 0 Å². The van der Waals surface area contributed by atoms with Crippen LogP contribution in [-0.2, 0) is 0 Å². The molecular weight excluding hydrogens is 330 g/mol. The smallest absolute Gasteiger partial charge is 0.187 e. The molecule has 0 unspecified atom stereocenters. The second kappa shape index (κ2) is 7.15. The Morgan fingerprint density at radius 3 is 2.60 bits per heavy atom. The van der Waals surface area contributed by atoms with Gasteiger partial charge in [0, 0.05) is 35.1 Å². The molecule has 2 aromatic carbocycles. The van der Waals surface area contributed by atoms with Crippen molar-refractivity contribution in [2.75, 3.05) is 5.32 Å². The third-order valence-electron chi connectivity index (χ3n) is 3.53. The molecule has 0 saturated heterocycles. The first-order valence-corrected chi connectivity index (χ1v) is 8.71. The van der Waals surface area contributed by atoms with Gasteiger partial charge in [-0.15, -0.1) is 11.3 Å². The second-order valence-electron chi connectivity index (χ2n) is 5.35. The van der Waals surface area contributed by atoms with Crippen molar-refractivity contribution in [3.8, 4) is 22.8 Å². The Labute approximate surface area is 149 Å². The number of hydrogen-bond donors (Lipinski definition) is 1. The van der Waals surface area contributed by atoms with Gasteiger partial charge < -0.3 is 10.1 Å². The van der Waals surface area contributed by atoms with Crippen LogP contribution >= 0.6 is 11.3 Å². The Morgan fingerprint density at radius 2 is 1.76 bits per heavy atom. The quantitative estimate of drug-likeness (QED) is 0.501. The van der Waals surface area contributed by atoms with Crippen LogP contribution in [0.3, 0.4) is 0 Å². The molecule has 1 N–H and O–H groups in total. The minimum absolute atomic E-state index is 0.778. The van der Waals surface area contributed by atoms with Gasteiger partial charge in [-0.2, -0.15) is 0 Å². The van der Waals surface area contributed by atoms with Gasteiger partial charge in [0.2, 0.25) is 0 Å². The summed E-state index contributed by atoms with van der Waals surface area (Å²) in [4.78, 5) is 8.75. The molecule has 0 bridgehead atoms. The summed E-state index contributed by atoms with van der Waals surface area (Å²) in [5.41, 5.74) is 2.85. The zero-order valence-electron chi connectivity index (χ0n) is 13.3. The number of anilines is 2. The Kier molecular flexibility index (Phi) is 4.39. The van der Waals surface area contributed by atoms with Crippen molar-refractivity contribution in [1.29, 1.82) is 0 Å². The fourth-order valence-corrected chi connectivity index (χ4v) is 3.10. The Balaban J connectivity index is 1.50. The van der Waals surface area contributed by atoms with Gasteiger partial charge in [-0.05, 0) is 36.4 Å². The van der Waals surface area contributed by atoms with Gasteiger partial charge in [-0.1, -0.05) is 24.3 Å². The summed E-state index contributed by atoms with van der Waals surface area (Å²) in [5, 5.41) is 6.17. The number of thiazole rings is 1. The van der Waals surface area contributed by atoms with Crippen molar-refractivity contribution in [2.45, 2.75) is 0 Å². The standard InChI is InChI=1S/C20H15N3OS/c1-2-8-17(9-3-1)24-18-10-4-7-16(12-18)22-20-23-19(14-25-20)15-6-5-11-21-13-15/h1-14H,(H,22,23). The van der Waals surface area contributed by atoms with Crippen molar-refractivity contribution < 1.29 is 4.74 Å². The summed E-state index contributed by atoms with van der Waals surface area (Å²) in [6, 6.07) is 21.5. The molecule has 4 nitrogen and oxygen atoms in total. The van der Waals surface area contributed by atoms with Crippen molar-refractivity contribution in [3.05, 3.63) is 84.5 Å². The summed E-state index contributed by atoms with van der Waals surface area (Å²) in [6.07, 6.45) is 3.57. The fraction of sp³-hybridized carbons (Fsp3) is 0. The number of aromatic nitrogens is 2. The highest BCUT2D eigenvalue weighted by Gasteiger charge is 2.06. The van der Waals surface area contributed by atoms with Gasteiger partial charge in [0.15, 0.2) is 5.13 Å². The van der Waals surface area contributed by atoms with Crippen LogP contribution < -0.4 is 10.1 Å². The highest BCUT2D eigenvalue weighted by molar-refractivity contribution is 7.14. The first kappa shape index (κ1) is 15.4. The van der Waals surface area contributed by atoms with Crippen LogP contribution in [0.15, 0.2) is 84.5 Å². The van der Waals surface area contributed by atoms with Gasteiger partial charge in [0.25, 0.3) is 0 Å². The van der Waals surface area contributed by atoms with Crippen LogP contribution in [0, 0.1) is 0 Å². The largest absolute Gasteiger partial charge is 0.457 e. The molecule has 2 heterocycles. The van der Waals surface area contributed by atoms with Crippen molar-refractivity contribution in [3.63, 3.8) is 0 Å². The number of benzene rings is 2. The van der Waals surface area contributed by atoms with E-state index in [9.17, 15) is 0 Å². The maximum atomic E-state index is 5.87. The molecule has 0 aliphatic carbocycles. The van der Waals surface area contributed by atoms with E-state index in [4.69, 9.17) is 4.74 Å². The second-order valence-corrected chi connectivity index (χ2v) is 6.21. The van der Waals surface area contributed by atoms with E-state index in [0.29, 0.717) is 0 Å². The van der Waals surface area contributed by atoms with Gasteiger partial charge in [-0.25, -0.2) is 4.98 Å². The van der Waals surface area contributed by atoms with Gasteiger partial charge >= 0.3 is 0 Å². The average molecular weight is 345 g/mol. The number of nitrogens with zero attached hydrogens (tertiary/aromatic N) is 2. The van der Waals surface area contributed by atoms with E-state index in [1.807, 2.05) is 78.3 Å². The first-order chi connectivity index (χ1) is 12.4. The predicted octanol–water partition coefficient (Wildman–Crippen LogP) is 5.74. The van der Waals surface area contributed by atoms with E-state index in [1.54, 1.807) is 17.5 Å². The van der Waals surface area contributed by atoms with Crippen molar-refractivity contribution >= 4 is 22.2 Å². The topological polar surface area (TPSA) is 47.0 Å². The highest BCUT2D eigenvalue weighted by atomic mass is 32.1. The lowest BCUT2D eigenvalue weighted by Crippen LogP contribution is -1.91. The maximum absolute atomic E-state index is 5.87. The Morgan fingerprint density at radius 1 is 0.880 bits per heavy atom. The van der Waals surface area contributed by atoms with Crippen molar-refractivity contribution in [2.24, 2.45) is 0 Å². The summed E-state index contributed by atoms with van der Waals surface area (Å²) in [6.45, 7) is 0. The van der Waals surface area contributed by atoms with Gasteiger partial charge in [0.1, 0.15) is 11.5 Å². The van der Waals surface area contributed by atoms with Crippen LogP contribution in [0.25, 0.3) is 11.3 Å². The molecule has 0 spiro atoms. The van der Waals surface area contributed by atoms with Gasteiger partial charge in [-0.3, -0.25) is 4.98 Å². The van der Waals surface area contributed by atoms with Crippen LogP contribution in [-0.4, -0.2) is 9.97 Å². The minimum atomic E-state index is 0.778. The number of ether oxygens (including phenoxy) is 1. The average Bonchev–Trinajstić information content (AvgIpc) is 3.12. The zero-order valence-corrected chi connectivity index (χ0v) is 14.1. The molecule has 0 atom stereocenters. The number of rotatable bonds is 5. The molecule has 4 aromatic rings. The lowest BCUT2D eigenvalue weighted by molar-refractivity contribution is 0.483. The molecule has 0 aliphatic heterocycles. The lowest BCUT2D eigenvalue weighted by Gasteiger charge is -2.08. The predicted molar refractivity (Wildman–Crippen MR) is 102 cm³/mol. The molecule has 0 saturated carbocycles. The molecular formula is C20H15N3OS. The number of pyridine rings is 1. The monoisotopic (exact) mass is 345 g/mol. The molecule has 0 aliphatic rings. The van der Waals surface area contributed by atoms with E-state index in [1.165, 1.54) is 0 Å². The van der Waals surface area contributed by atoms with Crippen LogP contribution in [0.5, 0.6) is 11.5 Å². The molecule has 4 rings (SSSR count). The van der Waals surface area contributed by atoms with Crippen molar-refractivity contribution in [1.82, 2.24) is 9.97 Å². The Hall–Kier alpha value is -3.18. The number of nitrogens with one attached hydrogen (secondary N) is 1. The molecule has 25 heavy (non-hydrogen) atoms. The summed E-state index contributed by atoms with van der Waals surface area (Å²) in [7, 11) is 0. The van der Waals surface area contributed by atoms with Gasteiger partial charge in [0.05, 0.1) is 5.69 Å². The normalized spacial score (nSPS) is 10.4. The summed E-state index contributed by atoms with van der Waals surface area (Å²) >= 11 is 1.56. The number of hydrogen-bond acceptors (Lipinski definition) is 5. The third-order valence-corrected chi connectivity index (χ3v) is 4.28. The maximum Gasteiger partial charge on any atom is 0.187 e. The summed E-state index contributed by atoms with van der Waals surface area (Å²) < 4.78 is 5.87. The molecule has 5 heteroatoms. The van der Waals surface area contributed by atoms with E-state index in [2.05, 4.69) is 15.3 Å². The molecule has 0 amide bonds. The third kappa shape index (κ3) is 3.84. The molecule has 122 valence electrons. The van der Waals surface area contributed by atoms with Crippen LogP contribution in [0.1, 0.15) is 0 Å². The zero-order chi connectivity index (χ0) is 16.9. The van der Waals surface area contributed by atoms with E-state index >= 15 is 0 Å². The van der Waals surface area contributed by atoms with E-state index in [0.717, 1.165) is 33.6 Å². The molecule has 2 aromatic heterocycles. The summed E-state index contributed by atoms with van der Waals surface area (Å²) in [5.74, 6) is 1.59. The molecule has 0 radical (unpaired) electrons. The SMILES string of the molecule is c1ccc(Oc2cccc(Nc3nc(-c4cccnc4)cs3)c2)cc1. The first-order valence-electron chi connectivity index (χ1n) is 7.83. The highest BCUT2D eigenvalue weighted by Crippen LogP contribution is 2.29.